The van der Waals surface area contributed by atoms with Crippen molar-refractivity contribution in [2.75, 3.05) is 6.61 Å². The number of aliphatic hydroxyl groups excluding tert-OH is 1. The van der Waals surface area contributed by atoms with Crippen LogP contribution in [0.5, 0.6) is 0 Å². The van der Waals surface area contributed by atoms with Crippen molar-refractivity contribution >= 4 is 0 Å². The van der Waals surface area contributed by atoms with Crippen LogP contribution in [0.25, 0.3) is 0 Å². The predicted molar refractivity (Wildman–Crippen MR) is 38.4 cm³/mol. The molecule has 1 atom stereocenters. The van der Waals surface area contributed by atoms with Crippen LogP contribution in [0, 0.1) is 0 Å². The van der Waals surface area contributed by atoms with Crippen molar-refractivity contribution in [1.82, 2.24) is 0 Å². The van der Waals surface area contributed by atoms with Crippen LogP contribution in [0.15, 0.2) is 30.6 Å². The highest BCUT2D eigenvalue weighted by atomic mass is 16.3. The standard InChI is InChI=1S/C8H12NO/c1-8(7-10)9-5-3-2-4-6-9/h2-6,8,10H,7H2,1H3/q+1. The van der Waals surface area contributed by atoms with Crippen LogP contribution in [0.1, 0.15) is 13.0 Å². The maximum Gasteiger partial charge on any atom is 0.178 e. The van der Waals surface area contributed by atoms with E-state index in [0.29, 0.717) is 0 Å². The van der Waals surface area contributed by atoms with E-state index >= 15 is 0 Å². The molecule has 2 heteroatoms. The molecule has 54 valence electrons. The molecule has 1 aromatic heterocycles. The Kier molecular flexibility index (Phi) is 2.40. The quantitative estimate of drug-likeness (QED) is 0.592. The molecule has 0 saturated carbocycles. The van der Waals surface area contributed by atoms with Gasteiger partial charge in [-0.25, -0.2) is 4.57 Å². The van der Waals surface area contributed by atoms with Crippen molar-refractivity contribution in [3.8, 4) is 0 Å². The molecule has 0 bridgehead atoms. The van der Waals surface area contributed by atoms with E-state index in [9.17, 15) is 0 Å². The lowest BCUT2D eigenvalue weighted by Crippen LogP contribution is -2.38. The summed E-state index contributed by atoms with van der Waals surface area (Å²) in [6, 6.07) is 6.04. The number of nitrogens with zero attached hydrogens (tertiary/aromatic N) is 1. The molecule has 1 aromatic rings. The summed E-state index contributed by atoms with van der Waals surface area (Å²) < 4.78 is 1.97. The maximum atomic E-state index is 8.77. The average Bonchev–Trinajstić information content (AvgIpc) is 2.05. The van der Waals surface area contributed by atoms with E-state index in [2.05, 4.69) is 0 Å². The van der Waals surface area contributed by atoms with E-state index < -0.39 is 0 Å². The maximum absolute atomic E-state index is 8.77. The highest BCUT2D eigenvalue weighted by molar-refractivity contribution is 4.83. The summed E-state index contributed by atoms with van der Waals surface area (Å²) in [7, 11) is 0. The number of hydrogen-bond acceptors (Lipinski definition) is 1. The van der Waals surface area contributed by atoms with E-state index in [1.165, 1.54) is 0 Å². The average molecular weight is 138 g/mol. The van der Waals surface area contributed by atoms with Crippen molar-refractivity contribution in [2.45, 2.75) is 13.0 Å². The minimum absolute atomic E-state index is 0.182. The first kappa shape index (κ1) is 7.22. The molecule has 0 spiro atoms. The Labute approximate surface area is 60.8 Å². The van der Waals surface area contributed by atoms with Gasteiger partial charge in [0.2, 0.25) is 0 Å². The molecule has 10 heavy (non-hydrogen) atoms. The van der Waals surface area contributed by atoms with Gasteiger partial charge in [-0.2, -0.15) is 0 Å². The monoisotopic (exact) mass is 138 g/mol. The van der Waals surface area contributed by atoms with Crippen LogP contribution in [0.3, 0.4) is 0 Å². The van der Waals surface area contributed by atoms with Gasteiger partial charge in [0.25, 0.3) is 0 Å². The number of hydrogen-bond donors (Lipinski definition) is 1. The minimum atomic E-state index is 0.182. The van der Waals surface area contributed by atoms with Crippen LogP contribution < -0.4 is 4.57 Å². The smallest absolute Gasteiger partial charge is 0.178 e. The minimum Gasteiger partial charge on any atom is -0.389 e. The zero-order valence-electron chi connectivity index (χ0n) is 6.07. The molecule has 0 saturated heterocycles. The lowest BCUT2D eigenvalue weighted by Gasteiger charge is -2.00. The third-order valence-corrected chi connectivity index (χ3v) is 1.51. The third kappa shape index (κ3) is 1.54. The van der Waals surface area contributed by atoms with E-state index in [1.54, 1.807) is 0 Å². The van der Waals surface area contributed by atoms with Crippen molar-refractivity contribution in [3.63, 3.8) is 0 Å². The van der Waals surface area contributed by atoms with Crippen LogP contribution in [-0.4, -0.2) is 11.7 Å². The molecule has 0 aliphatic rings. The van der Waals surface area contributed by atoms with Crippen LogP contribution in [-0.2, 0) is 0 Å². The Hall–Kier alpha value is -0.890. The largest absolute Gasteiger partial charge is 0.389 e. The van der Waals surface area contributed by atoms with Gasteiger partial charge in [-0.05, 0) is 0 Å². The second-order valence-electron chi connectivity index (χ2n) is 2.35. The molecule has 0 fully saturated rings. The molecule has 1 heterocycles. The van der Waals surface area contributed by atoms with E-state index in [1.807, 2.05) is 42.1 Å². The van der Waals surface area contributed by atoms with Gasteiger partial charge in [-0.3, -0.25) is 0 Å². The SMILES string of the molecule is CC(CO)[n+]1ccccc1. The predicted octanol–water partition coefficient (Wildman–Crippen LogP) is 0.527. The summed E-state index contributed by atoms with van der Waals surface area (Å²) in [5.41, 5.74) is 0. The van der Waals surface area contributed by atoms with Gasteiger partial charge in [0, 0.05) is 19.1 Å². The Balaban J connectivity index is 2.75. The molecule has 1 rings (SSSR count). The number of aromatic nitrogens is 1. The second-order valence-corrected chi connectivity index (χ2v) is 2.35. The molecule has 0 aromatic carbocycles. The fraction of sp³-hybridized carbons (Fsp3) is 0.375. The molecule has 0 radical (unpaired) electrons. The van der Waals surface area contributed by atoms with Crippen LogP contribution in [0.2, 0.25) is 0 Å². The van der Waals surface area contributed by atoms with Crippen molar-refractivity contribution in [1.29, 1.82) is 0 Å². The topological polar surface area (TPSA) is 24.1 Å². The zero-order valence-corrected chi connectivity index (χ0v) is 6.07. The Morgan fingerprint density at radius 2 is 1.90 bits per heavy atom. The number of rotatable bonds is 2. The first-order valence-corrected chi connectivity index (χ1v) is 3.41. The normalized spacial score (nSPS) is 13.0. The van der Waals surface area contributed by atoms with E-state index in [0.717, 1.165) is 0 Å². The molecule has 2 nitrogen and oxygen atoms in total. The number of aliphatic hydroxyl groups is 1. The summed E-state index contributed by atoms with van der Waals surface area (Å²) in [5.74, 6) is 0. The summed E-state index contributed by atoms with van der Waals surface area (Å²) in [4.78, 5) is 0. The highest BCUT2D eigenvalue weighted by Crippen LogP contribution is 1.89. The van der Waals surface area contributed by atoms with Gasteiger partial charge in [0.15, 0.2) is 18.4 Å². The first-order chi connectivity index (χ1) is 4.84. The van der Waals surface area contributed by atoms with Crippen LogP contribution in [0.4, 0.5) is 0 Å². The molecule has 0 aliphatic heterocycles. The van der Waals surface area contributed by atoms with Gasteiger partial charge in [-0.15, -0.1) is 0 Å². The molecule has 1 unspecified atom stereocenters. The van der Waals surface area contributed by atoms with Gasteiger partial charge < -0.3 is 5.11 Å². The Morgan fingerprint density at radius 1 is 1.30 bits per heavy atom. The first-order valence-electron chi connectivity index (χ1n) is 3.41. The van der Waals surface area contributed by atoms with Crippen molar-refractivity contribution < 1.29 is 9.67 Å². The van der Waals surface area contributed by atoms with Crippen molar-refractivity contribution in [2.24, 2.45) is 0 Å². The lowest BCUT2D eigenvalue weighted by atomic mass is 10.3. The Morgan fingerprint density at radius 3 is 2.40 bits per heavy atom. The highest BCUT2D eigenvalue weighted by Gasteiger charge is 2.07. The molecule has 0 aliphatic carbocycles. The fourth-order valence-electron chi connectivity index (χ4n) is 0.800. The molecule has 0 amide bonds. The molecular weight excluding hydrogens is 126 g/mol. The van der Waals surface area contributed by atoms with E-state index in [-0.39, 0.29) is 12.6 Å². The van der Waals surface area contributed by atoms with Gasteiger partial charge in [0.1, 0.15) is 6.61 Å². The zero-order chi connectivity index (χ0) is 7.40. The summed E-state index contributed by atoms with van der Waals surface area (Å²) in [6.45, 7) is 2.16. The van der Waals surface area contributed by atoms with Crippen LogP contribution >= 0.6 is 0 Å². The third-order valence-electron chi connectivity index (χ3n) is 1.51. The fourth-order valence-corrected chi connectivity index (χ4v) is 0.800. The lowest BCUT2D eigenvalue weighted by molar-refractivity contribution is -0.721. The summed E-state index contributed by atoms with van der Waals surface area (Å²) in [5, 5.41) is 8.77. The Bertz CT molecular complexity index is 186. The van der Waals surface area contributed by atoms with E-state index in [4.69, 9.17) is 5.11 Å². The molecular formula is C8H12NO+. The van der Waals surface area contributed by atoms with Gasteiger partial charge in [0.05, 0.1) is 0 Å². The summed E-state index contributed by atoms with van der Waals surface area (Å²) >= 11 is 0. The number of pyridine rings is 1. The van der Waals surface area contributed by atoms with Crippen molar-refractivity contribution in [3.05, 3.63) is 30.6 Å². The van der Waals surface area contributed by atoms with Gasteiger partial charge in [-0.1, -0.05) is 6.07 Å². The second kappa shape index (κ2) is 3.32. The summed E-state index contributed by atoms with van der Waals surface area (Å²) in [6.07, 6.45) is 3.89. The molecule has 1 N–H and O–H groups in total. The van der Waals surface area contributed by atoms with Gasteiger partial charge >= 0.3 is 0 Å².